The Balaban J connectivity index is 1.64. The van der Waals surface area contributed by atoms with Gasteiger partial charge < -0.3 is 4.90 Å². The van der Waals surface area contributed by atoms with Gasteiger partial charge in [-0.3, -0.25) is 4.68 Å². The lowest BCUT2D eigenvalue weighted by atomic mass is 10.3. The molecule has 0 radical (unpaired) electrons. The highest BCUT2D eigenvalue weighted by Crippen LogP contribution is 2.02. The van der Waals surface area contributed by atoms with Crippen LogP contribution in [0.4, 0.5) is 0 Å². The van der Waals surface area contributed by atoms with E-state index >= 15 is 0 Å². The van der Waals surface area contributed by atoms with Crippen molar-refractivity contribution in [2.24, 2.45) is 0 Å². The van der Waals surface area contributed by atoms with Crippen molar-refractivity contribution < 1.29 is 0 Å². The molecule has 0 aliphatic carbocycles. The topological polar surface area (TPSA) is 21.1 Å². The van der Waals surface area contributed by atoms with Crippen LogP contribution in [0.25, 0.3) is 0 Å². The van der Waals surface area contributed by atoms with Gasteiger partial charge in [0.25, 0.3) is 0 Å². The second kappa shape index (κ2) is 5.95. The molecule has 3 nitrogen and oxygen atoms in total. The molecule has 0 aromatic carbocycles. The van der Waals surface area contributed by atoms with Crippen LogP contribution in [0.1, 0.15) is 12.8 Å². The van der Waals surface area contributed by atoms with Gasteiger partial charge >= 0.3 is 0 Å². The van der Waals surface area contributed by atoms with Gasteiger partial charge in [-0.25, -0.2) is 0 Å². The van der Waals surface area contributed by atoms with Gasteiger partial charge in [0.2, 0.25) is 0 Å². The Morgan fingerprint density at radius 1 is 0.875 bits per heavy atom. The standard InChI is InChI=1S/C13H17N3/c1-2-4-10-15(9-3-1)11-5-6-12-16-13-7-8-14-16/h1-4,7-10,13H,5-6,11-12H2. The second-order valence-corrected chi connectivity index (χ2v) is 3.78. The maximum absolute atomic E-state index is 4.18. The Morgan fingerprint density at radius 2 is 1.62 bits per heavy atom. The van der Waals surface area contributed by atoms with Crippen molar-refractivity contribution in [2.45, 2.75) is 19.4 Å². The average molecular weight is 215 g/mol. The molecular weight excluding hydrogens is 198 g/mol. The molecule has 1 aliphatic heterocycles. The van der Waals surface area contributed by atoms with Crippen molar-refractivity contribution >= 4 is 0 Å². The highest BCUT2D eigenvalue weighted by atomic mass is 15.3. The van der Waals surface area contributed by atoms with Crippen molar-refractivity contribution in [3.05, 3.63) is 55.2 Å². The first kappa shape index (κ1) is 10.7. The predicted octanol–water partition coefficient (Wildman–Crippen LogP) is 2.56. The van der Waals surface area contributed by atoms with Crippen LogP contribution in [0.5, 0.6) is 0 Å². The summed E-state index contributed by atoms with van der Waals surface area (Å²) >= 11 is 0. The minimum Gasteiger partial charge on any atom is -0.354 e. The van der Waals surface area contributed by atoms with Gasteiger partial charge in [0.1, 0.15) is 0 Å². The summed E-state index contributed by atoms with van der Waals surface area (Å²) in [6.45, 7) is 2.07. The fourth-order valence-corrected chi connectivity index (χ4v) is 1.65. The summed E-state index contributed by atoms with van der Waals surface area (Å²) in [6.07, 6.45) is 18.6. The molecule has 2 heterocycles. The normalized spacial score (nSPS) is 14.4. The SMILES string of the molecule is C1=CC=CN(CCCCn2cccn2)C=C1. The van der Waals surface area contributed by atoms with E-state index in [9.17, 15) is 0 Å². The quantitative estimate of drug-likeness (QED) is 0.704. The predicted molar refractivity (Wildman–Crippen MR) is 65.6 cm³/mol. The van der Waals surface area contributed by atoms with Gasteiger partial charge in [-0.05, 0) is 31.1 Å². The van der Waals surface area contributed by atoms with Crippen molar-refractivity contribution in [3.63, 3.8) is 0 Å². The van der Waals surface area contributed by atoms with Crippen LogP contribution >= 0.6 is 0 Å². The van der Waals surface area contributed by atoms with Crippen LogP contribution in [0.2, 0.25) is 0 Å². The first-order valence-electron chi connectivity index (χ1n) is 5.70. The third kappa shape index (κ3) is 3.42. The molecule has 0 amide bonds. The van der Waals surface area contributed by atoms with E-state index in [2.05, 4.69) is 34.6 Å². The fourth-order valence-electron chi connectivity index (χ4n) is 1.65. The summed E-state index contributed by atoms with van der Waals surface area (Å²) < 4.78 is 1.98. The number of aromatic nitrogens is 2. The maximum Gasteiger partial charge on any atom is 0.0489 e. The van der Waals surface area contributed by atoms with Gasteiger partial charge in [-0.1, -0.05) is 12.2 Å². The van der Waals surface area contributed by atoms with Gasteiger partial charge in [0.05, 0.1) is 0 Å². The van der Waals surface area contributed by atoms with Crippen LogP contribution in [0.3, 0.4) is 0 Å². The molecule has 1 aromatic heterocycles. The molecule has 0 saturated carbocycles. The molecule has 0 unspecified atom stereocenters. The summed E-state index contributed by atoms with van der Waals surface area (Å²) in [6, 6.07) is 1.96. The summed E-state index contributed by atoms with van der Waals surface area (Å²) in [5.41, 5.74) is 0. The van der Waals surface area contributed by atoms with E-state index in [1.165, 1.54) is 6.42 Å². The molecule has 2 rings (SSSR count). The lowest BCUT2D eigenvalue weighted by molar-refractivity contribution is 0.455. The molecule has 84 valence electrons. The van der Waals surface area contributed by atoms with Crippen molar-refractivity contribution in [1.82, 2.24) is 14.7 Å². The zero-order valence-electron chi connectivity index (χ0n) is 9.37. The average Bonchev–Trinajstić information content (AvgIpc) is 2.68. The lowest BCUT2D eigenvalue weighted by Crippen LogP contribution is -2.11. The number of rotatable bonds is 5. The van der Waals surface area contributed by atoms with E-state index in [0.29, 0.717) is 0 Å². The third-order valence-electron chi connectivity index (χ3n) is 2.50. The molecule has 1 aliphatic rings. The molecule has 3 heteroatoms. The number of aryl methyl sites for hydroxylation is 1. The lowest BCUT2D eigenvalue weighted by Gasteiger charge is -2.14. The minimum atomic E-state index is 1.01. The van der Waals surface area contributed by atoms with Gasteiger partial charge in [-0.2, -0.15) is 5.10 Å². The number of unbranched alkanes of at least 4 members (excludes halogenated alkanes) is 1. The molecule has 1 aromatic rings. The van der Waals surface area contributed by atoms with Gasteiger partial charge in [-0.15, -0.1) is 0 Å². The second-order valence-electron chi connectivity index (χ2n) is 3.78. The van der Waals surface area contributed by atoms with Gasteiger partial charge in [0, 0.05) is 37.9 Å². The molecule has 0 saturated heterocycles. The Hall–Kier alpha value is -1.77. The molecule has 0 N–H and O–H groups in total. The van der Waals surface area contributed by atoms with Crippen molar-refractivity contribution in [2.75, 3.05) is 6.54 Å². The summed E-state index contributed by atoms with van der Waals surface area (Å²) in [5, 5.41) is 4.18. The molecular formula is C13H17N3. The number of hydrogen-bond acceptors (Lipinski definition) is 2. The highest BCUT2D eigenvalue weighted by molar-refractivity contribution is 5.15. The largest absolute Gasteiger partial charge is 0.354 e. The fraction of sp³-hybridized carbons (Fsp3) is 0.308. The molecule has 0 bridgehead atoms. The zero-order chi connectivity index (χ0) is 11.1. The van der Waals surface area contributed by atoms with E-state index in [4.69, 9.17) is 0 Å². The van der Waals surface area contributed by atoms with E-state index < -0.39 is 0 Å². The Bertz CT molecular complexity index is 358. The Morgan fingerprint density at radius 3 is 2.31 bits per heavy atom. The van der Waals surface area contributed by atoms with Crippen molar-refractivity contribution in [3.8, 4) is 0 Å². The van der Waals surface area contributed by atoms with Crippen molar-refractivity contribution in [1.29, 1.82) is 0 Å². The maximum atomic E-state index is 4.18. The Labute approximate surface area is 96.4 Å². The third-order valence-corrected chi connectivity index (χ3v) is 2.50. The number of allylic oxidation sites excluding steroid dienone is 4. The van der Waals surface area contributed by atoms with E-state index in [0.717, 1.165) is 19.5 Å². The van der Waals surface area contributed by atoms with Crippen LogP contribution in [-0.2, 0) is 6.54 Å². The smallest absolute Gasteiger partial charge is 0.0489 e. The number of nitrogens with zero attached hydrogens (tertiary/aromatic N) is 3. The summed E-state index contributed by atoms with van der Waals surface area (Å²) in [4.78, 5) is 2.21. The van der Waals surface area contributed by atoms with Crippen LogP contribution in [0, 0.1) is 0 Å². The van der Waals surface area contributed by atoms with Crippen LogP contribution < -0.4 is 0 Å². The Kier molecular flexibility index (Phi) is 4.00. The molecule has 16 heavy (non-hydrogen) atoms. The van der Waals surface area contributed by atoms with Crippen LogP contribution in [0.15, 0.2) is 55.2 Å². The monoisotopic (exact) mass is 215 g/mol. The van der Waals surface area contributed by atoms with E-state index in [-0.39, 0.29) is 0 Å². The summed E-state index contributed by atoms with van der Waals surface area (Å²) in [5.74, 6) is 0. The van der Waals surface area contributed by atoms with E-state index in [1.807, 2.05) is 35.3 Å². The molecule has 0 spiro atoms. The van der Waals surface area contributed by atoms with Gasteiger partial charge in [0.15, 0.2) is 0 Å². The minimum absolute atomic E-state index is 1.01. The number of hydrogen-bond donors (Lipinski definition) is 0. The van der Waals surface area contributed by atoms with E-state index in [1.54, 1.807) is 0 Å². The first-order valence-corrected chi connectivity index (χ1v) is 5.70. The highest BCUT2D eigenvalue weighted by Gasteiger charge is 1.96. The zero-order valence-corrected chi connectivity index (χ0v) is 9.37. The van der Waals surface area contributed by atoms with Crippen LogP contribution in [-0.4, -0.2) is 21.2 Å². The molecule has 0 atom stereocenters. The summed E-state index contributed by atoms with van der Waals surface area (Å²) in [7, 11) is 0. The first-order chi connectivity index (χ1) is 7.95. The molecule has 0 fully saturated rings.